The van der Waals surface area contributed by atoms with Gasteiger partial charge in [-0.1, -0.05) is 0 Å². The first-order valence-electron chi connectivity index (χ1n) is 6.61. The normalized spacial score (nSPS) is 22.1. The minimum Gasteiger partial charge on any atom is -0.338 e. The lowest BCUT2D eigenvalue weighted by atomic mass is 10.1. The van der Waals surface area contributed by atoms with E-state index in [-0.39, 0.29) is 0 Å². The van der Waals surface area contributed by atoms with Crippen LogP contribution in [0.5, 0.6) is 0 Å². The summed E-state index contributed by atoms with van der Waals surface area (Å²) in [7, 11) is 2.01. The van der Waals surface area contributed by atoms with Gasteiger partial charge < -0.3 is 14.7 Å². The average molecular weight is 236 g/mol. The lowest BCUT2D eigenvalue weighted by Crippen LogP contribution is -2.29. The molecule has 94 valence electrons. The van der Waals surface area contributed by atoms with Crippen LogP contribution in [0.1, 0.15) is 31.6 Å². The molecule has 1 saturated heterocycles. The van der Waals surface area contributed by atoms with E-state index in [1.807, 2.05) is 7.05 Å². The minimum atomic E-state index is 0.502. The molecule has 0 amide bonds. The summed E-state index contributed by atoms with van der Waals surface area (Å²) in [4.78, 5) is 6.71. The summed E-state index contributed by atoms with van der Waals surface area (Å²) < 4.78 is 5.34. The van der Waals surface area contributed by atoms with Crippen LogP contribution >= 0.6 is 0 Å². The maximum Gasteiger partial charge on any atom is 0.266 e. The molecule has 17 heavy (non-hydrogen) atoms. The number of nitrogens with one attached hydrogen (secondary N) is 1. The fourth-order valence-electron chi connectivity index (χ4n) is 2.57. The van der Waals surface area contributed by atoms with Crippen molar-refractivity contribution in [1.29, 1.82) is 0 Å². The Balaban J connectivity index is 1.62. The molecule has 5 heteroatoms. The molecule has 1 aromatic rings. The molecule has 0 bridgehead atoms. The second-order valence-corrected chi connectivity index (χ2v) is 5.12. The predicted molar refractivity (Wildman–Crippen MR) is 65.0 cm³/mol. The van der Waals surface area contributed by atoms with E-state index in [2.05, 4.69) is 20.4 Å². The molecule has 1 saturated carbocycles. The lowest BCUT2D eigenvalue weighted by molar-refractivity contribution is 0.351. The van der Waals surface area contributed by atoms with Crippen molar-refractivity contribution in [2.45, 2.75) is 38.1 Å². The van der Waals surface area contributed by atoms with Crippen molar-refractivity contribution in [2.24, 2.45) is 5.92 Å². The maximum absolute atomic E-state index is 5.34. The van der Waals surface area contributed by atoms with E-state index in [1.54, 1.807) is 0 Å². The van der Waals surface area contributed by atoms with Crippen molar-refractivity contribution in [2.75, 3.05) is 25.0 Å². The van der Waals surface area contributed by atoms with Gasteiger partial charge in [0.05, 0.1) is 0 Å². The Hall–Kier alpha value is -1.10. The number of likely N-dealkylation sites (N-methyl/N-ethyl adjacent to an activating group) is 1. The average Bonchev–Trinajstić information content (AvgIpc) is 2.88. The zero-order valence-corrected chi connectivity index (χ0v) is 10.4. The highest BCUT2D eigenvalue weighted by Gasteiger charge is 2.31. The summed E-state index contributed by atoms with van der Waals surface area (Å²) in [5.41, 5.74) is 0. The number of hydrogen-bond acceptors (Lipinski definition) is 5. The molecule has 3 rings (SSSR count). The molecular weight excluding hydrogens is 216 g/mol. The largest absolute Gasteiger partial charge is 0.338 e. The van der Waals surface area contributed by atoms with Crippen LogP contribution < -0.4 is 10.2 Å². The van der Waals surface area contributed by atoms with Gasteiger partial charge in [0.25, 0.3) is 5.95 Å². The van der Waals surface area contributed by atoms with Crippen LogP contribution in [0.2, 0.25) is 0 Å². The Labute approximate surface area is 102 Å². The number of hydrogen-bond donors (Lipinski definition) is 1. The molecule has 0 aromatic carbocycles. The Morgan fingerprint density at radius 1 is 1.41 bits per heavy atom. The topological polar surface area (TPSA) is 54.2 Å². The highest BCUT2D eigenvalue weighted by Crippen LogP contribution is 2.33. The second kappa shape index (κ2) is 4.64. The van der Waals surface area contributed by atoms with Gasteiger partial charge in [0.2, 0.25) is 5.89 Å². The number of aromatic nitrogens is 2. The van der Waals surface area contributed by atoms with E-state index >= 15 is 0 Å². The molecule has 2 heterocycles. The van der Waals surface area contributed by atoms with Crippen molar-refractivity contribution < 1.29 is 4.52 Å². The summed E-state index contributed by atoms with van der Waals surface area (Å²) in [5, 5.41) is 7.43. The SMILES string of the molecule is CNC(Cc1nc(N2CCCC2)no1)C1CC1. The van der Waals surface area contributed by atoms with Crippen LogP contribution in [-0.2, 0) is 6.42 Å². The quantitative estimate of drug-likeness (QED) is 0.833. The molecule has 2 fully saturated rings. The molecule has 1 aliphatic heterocycles. The van der Waals surface area contributed by atoms with Gasteiger partial charge in [-0.2, -0.15) is 4.98 Å². The summed E-state index contributed by atoms with van der Waals surface area (Å²) in [5.74, 6) is 2.36. The molecule has 1 N–H and O–H groups in total. The van der Waals surface area contributed by atoms with Gasteiger partial charge in [0.15, 0.2) is 0 Å². The minimum absolute atomic E-state index is 0.502. The predicted octanol–water partition coefficient (Wildman–Crippen LogP) is 1.21. The molecule has 0 radical (unpaired) electrons. The smallest absolute Gasteiger partial charge is 0.266 e. The summed E-state index contributed by atoms with van der Waals surface area (Å²) in [6, 6.07) is 0.502. The third-order valence-corrected chi connectivity index (χ3v) is 3.80. The van der Waals surface area contributed by atoms with Crippen molar-refractivity contribution in [3.63, 3.8) is 0 Å². The maximum atomic E-state index is 5.34. The van der Waals surface area contributed by atoms with E-state index in [0.29, 0.717) is 6.04 Å². The monoisotopic (exact) mass is 236 g/mol. The summed E-state index contributed by atoms with van der Waals surface area (Å²) in [6.45, 7) is 2.13. The number of rotatable bonds is 5. The Morgan fingerprint density at radius 3 is 2.82 bits per heavy atom. The zero-order chi connectivity index (χ0) is 11.7. The molecule has 2 aliphatic rings. The third-order valence-electron chi connectivity index (χ3n) is 3.80. The van der Waals surface area contributed by atoms with Crippen molar-refractivity contribution >= 4 is 5.95 Å². The first-order valence-corrected chi connectivity index (χ1v) is 6.61. The van der Waals surface area contributed by atoms with E-state index in [0.717, 1.165) is 37.3 Å². The van der Waals surface area contributed by atoms with Gasteiger partial charge in [0, 0.05) is 25.6 Å². The Bertz CT molecular complexity index is 368. The summed E-state index contributed by atoms with van der Waals surface area (Å²) in [6.07, 6.45) is 6.01. The van der Waals surface area contributed by atoms with Crippen molar-refractivity contribution in [3.8, 4) is 0 Å². The highest BCUT2D eigenvalue weighted by molar-refractivity contribution is 5.28. The fraction of sp³-hybridized carbons (Fsp3) is 0.833. The number of anilines is 1. The van der Waals surface area contributed by atoms with Crippen LogP contribution in [-0.4, -0.2) is 36.3 Å². The highest BCUT2D eigenvalue weighted by atomic mass is 16.5. The van der Waals surface area contributed by atoms with E-state index in [9.17, 15) is 0 Å². The van der Waals surface area contributed by atoms with E-state index < -0.39 is 0 Å². The molecule has 1 atom stereocenters. The van der Waals surface area contributed by atoms with E-state index in [1.165, 1.54) is 25.7 Å². The van der Waals surface area contributed by atoms with Gasteiger partial charge in [-0.05, 0) is 43.8 Å². The van der Waals surface area contributed by atoms with Gasteiger partial charge in [-0.3, -0.25) is 0 Å². The fourth-order valence-corrected chi connectivity index (χ4v) is 2.57. The Kier molecular flexibility index (Phi) is 3.01. The number of nitrogens with zero attached hydrogens (tertiary/aromatic N) is 3. The van der Waals surface area contributed by atoms with Crippen LogP contribution in [0.25, 0.3) is 0 Å². The second-order valence-electron chi connectivity index (χ2n) is 5.12. The van der Waals surface area contributed by atoms with Crippen LogP contribution in [0, 0.1) is 5.92 Å². The molecule has 5 nitrogen and oxygen atoms in total. The zero-order valence-electron chi connectivity index (χ0n) is 10.4. The van der Waals surface area contributed by atoms with E-state index in [4.69, 9.17) is 4.52 Å². The summed E-state index contributed by atoms with van der Waals surface area (Å²) >= 11 is 0. The van der Waals surface area contributed by atoms with Gasteiger partial charge in [-0.25, -0.2) is 0 Å². The first-order chi connectivity index (χ1) is 8.36. The molecule has 1 aromatic heterocycles. The lowest BCUT2D eigenvalue weighted by Gasteiger charge is -2.12. The molecule has 0 spiro atoms. The van der Waals surface area contributed by atoms with Gasteiger partial charge in [0.1, 0.15) is 0 Å². The van der Waals surface area contributed by atoms with Gasteiger partial charge >= 0.3 is 0 Å². The first kappa shape index (κ1) is 11.0. The van der Waals surface area contributed by atoms with Crippen molar-refractivity contribution in [1.82, 2.24) is 15.5 Å². The standard InChI is InChI=1S/C12H20N4O/c1-13-10(9-4-5-9)8-11-14-12(15-17-11)16-6-2-3-7-16/h9-10,13H,2-8H2,1H3. The molecule has 1 unspecified atom stereocenters. The van der Waals surface area contributed by atoms with Crippen molar-refractivity contribution in [3.05, 3.63) is 5.89 Å². The van der Waals surface area contributed by atoms with Gasteiger partial charge in [-0.15, -0.1) is 0 Å². The van der Waals surface area contributed by atoms with Crippen LogP contribution in [0.4, 0.5) is 5.95 Å². The molecule has 1 aliphatic carbocycles. The van der Waals surface area contributed by atoms with Crippen LogP contribution in [0.3, 0.4) is 0 Å². The molecular formula is C12H20N4O. The Morgan fingerprint density at radius 2 is 2.18 bits per heavy atom. The third kappa shape index (κ3) is 2.44. The van der Waals surface area contributed by atoms with Crippen LogP contribution in [0.15, 0.2) is 4.52 Å².